The van der Waals surface area contributed by atoms with Crippen LogP contribution < -0.4 is 5.73 Å². The molecule has 0 saturated carbocycles. The van der Waals surface area contributed by atoms with E-state index < -0.39 is 5.97 Å². The molecular formula is C12H24N2O3. The highest BCUT2D eigenvalue weighted by Crippen LogP contribution is 2.17. The van der Waals surface area contributed by atoms with Gasteiger partial charge in [0.15, 0.2) is 0 Å². The van der Waals surface area contributed by atoms with E-state index in [2.05, 4.69) is 0 Å². The molecule has 5 heteroatoms. The van der Waals surface area contributed by atoms with Gasteiger partial charge in [0, 0.05) is 18.5 Å². The van der Waals surface area contributed by atoms with Gasteiger partial charge in [0.2, 0.25) is 5.91 Å². The van der Waals surface area contributed by atoms with Crippen molar-refractivity contribution in [2.75, 3.05) is 13.1 Å². The van der Waals surface area contributed by atoms with Crippen LogP contribution in [-0.2, 0) is 9.59 Å². The van der Waals surface area contributed by atoms with Crippen LogP contribution in [0.2, 0.25) is 0 Å². The highest BCUT2D eigenvalue weighted by atomic mass is 16.4. The smallest absolute Gasteiger partial charge is 0.305 e. The topological polar surface area (TPSA) is 83.6 Å². The van der Waals surface area contributed by atoms with Crippen molar-refractivity contribution in [2.45, 2.75) is 46.1 Å². The van der Waals surface area contributed by atoms with Crippen molar-refractivity contribution in [1.82, 2.24) is 4.90 Å². The van der Waals surface area contributed by atoms with Crippen LogP contribution >= 0.6 is 0 Å². The predicted molar refractivity (Wildman–Crippen MR) is 66.6 cm³/mol. The molecule has 0 aromatic carbocycles. The monoisotopic (exact) mass is 244 g/mol. The van der Waals surface area contributed by atoms with Crippen molar-refractivity contribution in [1.29, 1.82) is 0 Å². The molecule has 0 aliphatic carbocycles. The molecule has 0 saturated heterocycles. The molecule has 1 unspecified atom stereocenters. The van der Waals surface area contributed by atoms with Crippen molar-refractivity contribution in [3.05, 3.63) is 0 Å². The van der Waals surface area contributed by atoms with Gasteiger partial charge in [-0.15, -0.1) is 0 Å². The summed E-state index contributed by atoms with van der Waals surface area (Å²) in [4.78, 5) is 24.2. The first-order valence-electron chi connectivity index (χ1n) is 5.90. The third-order valence-electron chi connectivity index (χ3n) is 2.59. The fourth-order valence-electron chi connectivity index (χ4n) is 1.53. The molecule has 0 spiro atoms. The maximum Gasteiger partial charge on any atom is 0.305 e. The second-order valence-electron chi connectivity index (χ2n) is 5.40. The molecule has 0 bridgehead atoms. The molecule has 5 nitrogen and oxygen atoms in total. The first kappa shape index (κ1) is 15.9. The van der Waals surface area contributed by atoms with Gasteiger partial charge in [-0.1, -0.05) is 6.92 Å². The maximum atomic E-state index is 12.0. The van der Waals surface area contributed by atoms with Crippen molar-refractivity contribution in [3.8, 4) is 0 Å². The van der Waals surface area contributed by atoms with Crippen LogP contribution in [0.25, 0.3) is 0 Å². The van der Waals surface area contributed by atoms with Crippen LogP contribution in [0.15, 0.2) is 0 Å². The number of amides is 1. The number of aliphatic carboxylic acids is 1. The van der Waals surface area contributed by atoms with Gasteiger partial charge in [-0.25, -0.2) is 0 Å². The zero-order valence-corrected chi connectivity index (χ0v) is 11.2. The minimum atomic E-state index is -0.890. The lowest BCUT2D eigenvalue weighted by Gasteiger charge is -2.36. The Morgan fingerprint density at radius 2 is 1.88 bits per heavy atom. The van der Waals surface area contributed by atoms with Gasteiger partial charge < -0.3 is 15.7 Å². The summed E-state index contributed by atoms with van der Waals surface area (Å²) in [5, 5.41) is 8.68. The highest BCUT2D eigenvalue weighted by Gasteiger charge is 2.27. The van der Waals surface area contributed by atoms with Crippen molar-refractivity contribution in [2.24, 2.45) is 11.7 Å². The van der Waals surface area contributed by atoms with Crippen LogP contribution in [0.1, 0.15) is 40.5 Å². The molecule has 100 valence electrons. The average molecular weight is 244 g/mol. The van der Waals surface area contributed by atoms with Crippen molar-refractivity contribution in [3.63, 3.8) is 0 Å². The summed E-state index contributed by atoms with van der Waals surface area (Å²) in [6, 6.07) is 0. The van der Waals surface area contributed by atoms with E-state index in [-0.39, 0.29) is 30.3 Å². The van der Waals surface area contributed by atoms with Crippen LogP contribution in [-0.4, -0.2) is 40.5 Å². The Bertz CT molecular complexity index is 271. The quantitative estimate of drug-likeness (QED) is 0.732. The lowest BCUT2D eigenvalue weighted by atomic mass is 10.0. The summed E-state index contributed by atoms with van der Waals surface area (Å²) in [6.07, 6.45) is 0.341. The normalized spacial score (nSPS) is 13.2. The number of nitrogens with two attached hydrogens (primary N) is 1. The van der Waals surface area contributed by atoms with E-state index in [0.717, 1.165) is 0 Å². The number of nitrogens with zero attached hydrogens (tertiary/aromatic N) is 1. The Kier molecular flexibility index (Phi) is 6.16. The van der Waals surface area contributed by atoms with Gasteiger partial charge in [-0.2, -0.15) is 0 Å². The van der Waals surface area contributed by atoms with E-state index in [1.54, 1.807) is 4.90 Å². The molecule has 1 atom stereocenters. The van der Waals surface area contributed by atoms with E-state index in [4.69, 9.17) is 10.8 Å². The standard InChI is InChI=1S/C12H24N2O3/c1-9(8-13)7-10(15)14(12(2,3)4)6-5-11(16)17/h9H,5-8,13H2,1-4H3,(H,16,17). The third kappa shape index (κ3) is 6.26. The summed E-state index contributed by atoms with van der Waals surface area (Å²) in [7, 11) is 0. The van der Waals surface area contributed by atoms with Crippen LogP contribution in [0.5, 0.6) is 0 Å². The Morgan fingerprint density at radius 3 is 2.24 bits per heavy atom. The molecule has 0 aromatic heterocycles. The first-order chi connectivity index (χ1) is 7.68. The fraction of sp³-hybridized carbons (Fsp3) is 0.833. The Hall–Kier alpha value is -1.10. The molecule has 0 aliphatic rings. The van der Waals surface area contributed by atoms with E-state index in [9.17, 15) is 9.59 Å². The molecule has 0 rings (SSSR count). The molecule has 0 aromatic rings. The summed E-state index contributed by atoms with van der Waals surface area (Å²) in [6.45, 7) is 8.33. The maximum absolute atomic E-state index is 12.0. The number of carbonyl (C=O) groups excluding carboxylic acids is 1. The zero-order chi connectivity index (χ0) is 13.6. The third-order valence-corrected chi connectivity index (χ3v) is 2.59. The molecule has 0 radical (unpaired) electrons. The van der Waals surface area contributed by atoms with Gasteiger partial charge >= 0.3 is 5.97 Å². The minimum absolute atomic E-state index is 0.0278. The number of rotatable bonds is 6. The zero-order valence-electron chi connectivity index (χ0n) is 11.2. The minimum Gasteiger partial charge on any atom is -0.481 e. The summed E-state index contributed by atoms with van der Waals surface area (Å²) < 4.78 is 0. The lowest BCUT2D eigenvalue weighted by molar-refractivity contribution is -0.141. The SMILES string of the molecule is CC(CN)CC(=O)N(CCC(=O)O)C(C)(C)C. The van der Waals surface area contributed by atoms with E-state index in [0.29, 0.717) is 13.0 Å². The number of carbonyl (C=O) groups is 2. The molecule has 0 heterocycles. The highest BCUT2D eigenvalue weighted by molar-refractivity contribution is 5.78. The molecule has 3 N–H and O–H groups in total. The Balaban J connectivity index is 4.57. The molecule has 0 aliphatic heterocycles. The summed E-state index contributed by atoms with van der Waals surface area (Å²) in [5.74, 6) is -0.798. The molecule has 1 amide bonds. The van der Waals surface area contributed by atoms with Crippen molar-refractivity contribution < 1.29 is 14.7 Å². The van der Waals surface area contributed by atoms with Crippen molar-refractivity contribution >= 4 is 11.9 Å². The first-order valence-corrected chi connectivity index (χ1v) is 5.90. The number of carboxylic acid groups (broad SMARTS) is 1. The second kappa shape index (κ2) is 6.59. The van der Waals surface area contributed by atoms with E-state index >= 15 is 0 Å². The van der Waals surface area contributed by atoms with Gasteiger partial charge in [0.25, 0.3) is 0 Å². The second-order valence-corrected chi connectivity index (χ2v) is 5.40. The van der Waals surface area contributed by atoms with E-state index in [1.165, 1.54) is 0 Å². The summed E-state index contributed by atoms with van der Waals surface area (Å²) in [5.41, 5.74) is 5.13. The van der Waals surface area contributed by atoms with Crippen LogP contribution in [0, 0.1) is 5.92 Å². The largest absolute Gasteiger partial charge is 0.481 e. The van der Waals surface area contributed by atoms with Crippen LogP contribution in [0.4, 0.5) is 0 Å². The molecule has 0 fully saturated rings. The number of carboxylic acids is 1. The Morgan fingerprint density at radius 1 is 1.35 bits per heavy atom. The number of hydrogen-bond acceptors (Lipinski definition) is 3. The van der Waals surface area contributed by atoms with Gasteiger partial charge in [0.05, 0.1) is 6.42 Å². The number of hydrogen-bond donors (Lipinski definition) is 2. The molecular weight excluding hydrogens is 220 g/mol. The van der Waals surface area contributed by atoms with Crippen LogP contribution in [0.3, 0.4) is 0 Å². The molecule has 17 heavy (non-hydrogen) atoms. The lowest BCUT2D eigenvalue weighted by Crippen LogP contribution is -2.47. The Labute approximate surface area is 103 Å². The predicted octanol–water partition coefficient (Wildman–Crippen LogP) is 1.07. The fourth-order valence-corrected chi connectivity index (χ4v) is 1.53. The average Bonchev–Trinajstić information content (AvgIpc) is 2.14. The van der Waals surface area contributed by atoms with Gasteiger partial charge in [-0.05, 0) is 33.2 Å². The summed E-state index contributed by atoms with van der Waals surface area (Å²) >= 11 is 0. The van der Waals surface area contributed by atoms with Gasteiger partial charge in [0.1, 0.15) is 0 Å². The van der Waals surface area contributed by atoms with E-state index in [1.807, 2.05) is 27.7 Å². The van der Waals surface area contributed by atoms with Gasteiger partial charge in [-0.3, -0.25) is 9.59 Å².